The Morgan fingerprint density at radius 2 is 0.405 bits per heavy atom. The third-order valence-corrected chi connectivity index (χ3v) is 15.1. The first-order valence-electron chi connectivity index (χ1n) is 25.4. The molecule has 7 saturated heterocycles. The highest BCUT2D eigenvalue weighted by atomic mass is 16.8. The predicted octanol–water partition coefficient (Wildman–Crippen LogP) is -14.3. The van der Waals surface area contributed by atoms with Crippen molar-refractivity contribution in [3.63, 3.8) is 0 Å². The third kappa shape index (κ3) is 13.4. The monoisotopic (exact) mass is 1160 g/mol. The van der Waals surface area contributed by atoms with Crippen LogP contribution >= 0.6 is 0 Å². The van der Waals surface area contributed by atoms with E-state index in [1.54, 1.807) is 0 Å². The average molecular weight is 1170 g/mol. The van der Waals surface area contributed by atoms with Crippen LogP contribution in [0, 0.1) is 5.92 Å². The van der Waals surface area contributed by atoms with E-state index in [-0.39, 0.29) is 0 Å². The summed E-state index contributed by atoms with van der Waals surface area (Å²) in [6, 6.07) is 0. The van der Waals surface area contributed by atoms with Crippen LogP contribution in [0.15, 0.2) is 0 Å². The lowest BCUT2D eigenvalue weighted by atomic mass is 9.91. The number of aliphatic hydroxyl groups is 21. The molecule has 0 amide bonds. The first kappa shape index (κ1) is 65.1. The number of aliphatic hydroxyl groups excluding tert-OH is 21. The Kier molecular flexibility index (Phi) is 23.3. The van der Waals surface area contributed by atoms with E-state index in [9.17, 15) is 107 Å². The van der Waals surface area contributed by atoms with Gasteiger partial charge in [-0.25, -0.2) is 0 Å². The smallest absolute Gasteiger partial charge is 0.187 e. The van der Waals surface area contributed by atoms with Gasteiger partial charge < -0.3 is 174 Å². The summed E-state index contributed by atoms with van der Waals surface area (Å²) < 4.78 is 78.1. The zero-order chi connectivity index (χ0) is 58.1. The largest absolute Gasteiger partial charge is 0.394 e. The molecule has 0 aromatic rings. The van der Waals surface area contributed by atoms with Crippen LogP contribution in [0.3, 0.4) is 0 Å². The quantitative estimate of drug-likeness (QED) is 0.0538. The molecule has 0 radical (unpaired) electrons. The van der Waals surface area contributed by atoms with Gasteiger partial charge in [0.25, 0.3) is 0 Å². The van der Waals surface area contributed by atoms with E-state index in [0.29, 0.717) is 0 Å². The predicted molar refractivity (Wildman–Crippen MR) is 240 cm³/mol. The molecular formula is C44H76O35. The van der Waals surface area contributed by atoms with E-state index in [1.807, 2.05) is 0 Å². The summed E-state index contributed by atoms with van der Waals surface area (Å²) in [6.45, 7) is -4.89. The molecule has 0 saturated carbocycles. The van der Waals surface area contributed by atoms with Gasteiger partial charge in [0.05, 0.1) is 58.5 Å². The van der Waals surface area contributed by atoms with Crippen molar-refractivity contribution >= 4 is 0 Å². The Morgan fingerprint density at radius 3 is 0.595 bits per heavy atom. The van der Waals surface area contributed by atoms with Crippen LogP contribution in [-0.2, 0) is 66.3 Å². The standard InChI is InChI=1S/C44H76O35/c1-10-11(3-45)67-39(25(59)18(10)52)74-33-13(5-47)69-41(27(61)20(33)54)76-35-15(7-49)71-43(29(63)22(35)56)78-37-17(9-51)73-44(31(65)24(37)58)79-36-16(8-50)72-42(30(64)23(36)57)77-34-14(6-48)70-40(28(62)21(34)55)75-32-12(4-46)68-38(66-2)26(60)19(32)53/h10-65H,3-9H2,1-2H3/t10-,11?,12?,13?,14?,15?,16?,17?,18-,19+,20+,21+,22+,23+,24+,25?,26?,27?,28?,29?,30?,31?,32-,33-,34-,35-,36-,37-,38+,39-,40-,41-,42-,43-,44-/m0/s1. The Balaban J connectivity index is 0.946. The molecule has 35 nitrogen and oxygen atoms in total. The van der Waals surface area contributed by atoms with Crippen molar-refractivity contribution in [2.24, 2.45) is 5.92 Å². The van der Waals surface area contributed by atoms with Gasteiger partial charge in [-0.3, -0.25) is 0 Å². The summed E-state index contributed by atoms with van der Waals surface area (Å²) in [5, 5.41) is 225. The van der Waals surface area contributed by atoms with E-state index in [4.69, 9.17) is 66.3 Å². The molecule has 79 heavy (non-hydrogen) atoms. The fourth-order valence-corrected chi connectivity index (χ4v) is 10.4. The lowest BCUT2D eigenvalue weighted by molar-refractivity contribution is -0.397. The van der Waals surface area contributed by atoms with Crippen LogP contribution in [0.4, 0.5) is 0 Å². The van der Waals surface area contributed by atoms with Gasteiger partial charge in [0.1, 0.15) is 153 Å². The van der Waals surface area contributed by atoms with Crippen LogP contribution in [0.25, 0.3) is 0 Å². The summed E-state index contributed by atoms with van der Waals surface area (Å²) in [5.74, 6) is -0.751. The minimum atomic E-state index is -2.21. The average Bonchev–Trinajstić information content (AvgIpc) is 3.48. The number of methoxy groups -OCH3 is 1. The highest BCUT2D eigenvalue weighted by Gasteiger charge is 2.58. The minimum absolute atomic E-state index is 0.592. The van der Waals surface area contributed by atoms with Crippen molar-refractivity contribution < 1.29 is 174 Å². The maximum absolute atomic E-state index is 11.3. The van der Waals surface area contributed by atoms with Crippen LogP contribution in [0.2, 0.25) is 0 Å². The van der Waals surface area contributed by atoms with E-state index >= 15 is 0 Å². The second kappa shape index (κ2) is 28.2. The lowest BCUT2D eigenvalue weighted by Crippen LogP contribution is -2.68. The molecule has 21 N–H and O–H groups in total. The topological polar surface area (TPSA) is 554 Å². The summed E-state index contributed by atoms with van der Waals surface area (Å²) in [6.07, 6.45) is -62.4. The zero-order valence-electron chi connectivity index (χ0n) is 42.3. The van der Waals surface area contributed by atoms with Gasteiger partial charge in [0.2, 0.25) is 0 Å². The van der Waals surface area contributed by atoms with Crippen molar-refractivity contribution in [3.8, 4) is 0 Å². The van der Waals surface area contributed by atoms with Gasteiger partial charge >= 0.3 is 0 Å². The SMILES string of the molecule is CO[C@@H]1OC(CO)[C@H](O[C@@H]2OC(CO)[C@H](O[C@@H]3OC(CO)[C@H](O[C@@H]4OC(CO)[C@H](O[C@@H]5OC(CO)[C@H](O[C@@H]6OC(CO)[C@H](O[C@@H]7OC(CO)[C@H](C)[C@H](O)C7O)[C@H](O)C6O)[C@H](O)C5O)[C@H](O)C4O)[C@H](O)C3O)[C@H](O)C2O)[C@H](O)C1O. The van der Waals surface area contributed by atoms with Crippen LogP contribution in [-0.4, -0.2) is 369 Å². The molecule has 35 heteroatoms. The fraction of sp³-hybridized carbons (Fsp3) is 1.00. The van der Waals surface area contributed by atoms with Gasteiger partial charge in [-0.1, -0.05) is 6.92 Å². The van der Waals surface area contributed by atoms with Gasteiger partial charge in [0.15, 0.2) is 44.0 Å². The molecule has 0 bridgehead atoms. The van der Waals surface area contributed by atoms with Gasteiger partial charge in [-0.15, -0.1) is 0 Å². The number of hydrogen-bond acceptors (Lipinski definition) is 35. The van der Waals surface area contributed by atoms with Crippen molar-refractivity contribution in [2.75, 3.05) is 53.4 Å². The van der Waals surface area contributed by atoms with Gasteiger partial charge in [-0.05, 0) is 0 Å². The van der Waals surface area contributed by atoms with Crippen molar-refractivity contribution in [2.45, 2.75) is 216 Å². The minimum Gasteiger partial charge on any atom is -0.394 e. The lowest BCUT2D eigenvalue weighted by Gasteiger charge is -2.50. The summed E-state index contributed by atoms with van der Waals surface area (Å²) in [7, 11) is 1.16. The molecule has 462 valence electrons. The first-order valence-corrected chi connectivity index (χ1v) is 25.4. The fourth-order valence-electron chi connectivity index (χ4n) is 10.4. The highest BCUT2D eigenvalue weighted by molar-refractivity contribution is 5.01. The van der Waals surface area contributed by atoms with Crippen molar-refractivity contribution in [3.05, 3.63) is 0 Å². The molecule has 7 rings (SSSR count). The maximum atomic E-state index is 11.3. The van der Waals surface area contributed by atoms with E-state index in [0.717, 1.165) is 7.11 Å². The number of rotatable bonds is 20. The van der Waals surface area contributed by atoms with Crippen LogP contribution < -0.4 is 0 Å². The summed E-state index contributed by atoms with van der Waals surface area (Å²) in [4.78, 5) is 0. The van der Waals surface area contributed by atoms with Gasteiger partial charge in [0, 0.05) is 13.0 Å². The van der Waals surface area contributed by atoms with Crippen LogP contribution in [0.1, 0.15) is 6.92 Å². The van der Waals surface area contributed by atoms with E-state index in [1.165, 1.54) is 6.92 Å². The Labute approximate surface area is 448 Å². The summed E-state index contributed by atoms with van der Waals surface area (Å²) >= 11 is 0. The maximum Gasteiger partial charge on any atom is 0.187 e. The molecule has 7 heterocycles. The molecule has 0 aromatic heterocycles. The first-order chi connectivity index (χ1) is 37.5. The van der Waals surface area contributed by atoms with E-state index < -0.39 is 261 Å². The third-order valence-electron chi connectivity index (χ3n) is 15.1. The van der Waals surface area contributed by atoms with E-state index in [2.05, 4.69) is 0 Å². The Bertz CT molecular complexity index is 1820. The molecule has 7 aliphatic rings. The molecule has 7 aliphatic heterocycles. The molecule has 35 atom stereocenters. The second-order valence-electron chi connectivity index (χ2n) is 20.1. The van der Waals surface area contributed by atoms with Crippen molar-refractivity contribution in [1.82, 2.24) is 0 Å². The molecule has 0 aromatic carbocycles. The number of hydrogen-bond donors (Lipinski definition) is 21. The molecule has 14 unspecified atom stereocenters. The zero-order valence-corrected chi connectivity index (χ0v) is 42.3. The molecule has 7 fully saturated rings. The van der Waals surface area contributed by atoms with Gasteiger partial charge in [-0.2, -0.15) is 0 Å². The summed E-state index contributed by atoms with van der Waals surface area (Å²) in [5.41, 5.74) is 0. The number of ether oxygens (including phenoxy) is 14. The molecule has 0 aliphatic carbocycles. The highest BCUT2D eigenvalue weighted by Crippen LogP contribution is 2.38. The van der Waals surface area contributed by atoms with Crippen LogP contribution in [0.5, 0.6) is 0 Å². The Morgan fingerprint density at radius 1 is 0.241 bits per heavy atom. The Hall–Kier alpha value is -1.40. The normalized spacial score (nSPS) is 53.0. The molecular weight excluding hydrogens is 1090 g/mol. The second-order valence-corrected chi connectivity index (χ2v) is 20.1. The van der Waals surface area contributed by atoms with Crippen molar-refractivity contribution in [1.29, 1.82) is 0 Å². The molecule has 0 spiro atoms.